The van der Waals surface area contributed by atoms with Gasteiger partial charge in [0.2, 0.25) is 0 Å². The lowest BCUT2D eigenvalue weighted by Gasteiger charge is -2.32. The van der Waals surface area contributed by atoms with Crippen molar-refractivity contribution in [2.75, 3.05) is 0 Å². The number of carbonyl (C=O) groups excluding carboxylic acids is 1. The number of carbonyl (C=O) groups is 1. The van der Waals surface area contributed by atoms with Crippen LogP contribution in [0, 0.1) is 6.92 Å². The molecule has 1 amide bonds. The van der Waals surface area contributed by atoms with Gasteiger partial charge in [-0.05, 0) is 24.6 Å². The summed E-state index contributed by atoms with van der Waals surface area (Å²) < 4.78 is 40.6. The van der Waals surface area contributed by atoms with E-state index < -0.39 is 30.0 Å². The van der Waals surface area contributed by atoms with Crippen LogP contribution in [0.5, 0.6) is 5.75 Å². The van der Waals surface area contributed by atoms with E-state index in [-0.39, 0.29) is 16.3 Å². The Morgan fingerprint density at radius 1 is 1.15 bits per heavy atom. The number of rotatable bonds is 2. The quantitative estimate of drug-likeness (QED) is 0.860. The number of hydrogen-bond acceptors (Lipinski definition) is 4. The summed E-state index contributed by atoms with van der Waals surface area (Å²) in [7, 11) is 0. The number of amides is 1. The number of phenols is 1. The van der Waals surface area contributed by atoms with Gasteiger partial charge in [0.25, 0.3) is 11.6 Å². The molecule has 0 saturated heterocycles. The van der Waals surface area contributed by atoms with Gasteiger partial charge in [-0.15, -0.1) is 0 Å². The van der Waals surface area contributed by atoms with E-state index in [1.54, 1.807) is 24.3 Å². The Morgan fingerprint density at radius 3 is 2.35 bits per heavy atom. The van der Waals surface area contributed by atoms with Crippen molar-refractivity contribution in [3.63, 3.8) is 0 Å². The van der Waals surface area contributed by atoms with E-state index in [0.717, 1.165) is 11.6 Å². The van der Waals surface area contributed by atoms with Gasteiger partial charge in [-0.2, -0.15) is 23.3 Å². The molecule has 2 aromatic carbocycles. The van der Waals surface area contributed by atoms with Crippen molar-refractivity contribution < 1.29 is 28.2 Å². The lowest BCUT2D eigenvalue weighted by molar-refractivity contribution is -0.297. The fourth-order valence-electron chi connectivity index (χ4n) is 2.66. The minimum Gasteiger partial charge on any atom is -0.507 e. The molecule has 0 aromatic heterocycles. The van der Waals surface area contributed by atoms with Crippen molar-refractivity contribution in [3.05, 3.63) is 65.2 Å². The van der Waals surface area contributed by atoms with E-state index in [1.807, 2.05) is 6.92 Å². The smallest absolute Gasteiger partial charge is 0.438 e. The van der Waals surface area contributed by atoms with E-state index in [9.17, 15) is 28.2 Å². The highest BCUT2D eigenvalue weighted by Gasteiger charge is 2.63. The monoisotopic (exact) mass is 364 g/mol. The van der Waals surface area contributed by atoms with E-state index >= 15 is 0 Å². The summed E-state index contributed by atoms with van der Waals surface area (Å²) >= 11 is 0. The van der Waals surface area contributed by atoms with Gasteiger partial charge in [-0.25, -0.2) is 0 Å². The van der Waals surface area contributed by atoms with Crippen LogP contribution in [0.1, 0.15) is 27.9 Å². The molecule has 1 atom stereocenters. The summed E-state index contributed by atoms with van der Waals surface area (Å²) in [6, 6.07) is 11.7. The third-order valence-corrected chi connectivity index (χ3v) is 4.15. The molecule has 26 heavy (non-hydrogen) atoms. The lowest BCUT2D eigenvalue weighted by atomic mass is 9.99. The van der Waals surface area contributed by atoms with Crippen LogP contribution in [0.4, 0.5) is 13.2 Å². The summed E-state index contributed by atoms with van der Waals surface area (Å²) in [5.74, 6) is -1.74. The molecule has 3 rings (SSSR count). The molecule has 0 spiro atoms. The first-order valence-corrected chi connectivity index (χ1v) is 7.69. The van der Waals surface area contributed by atoms with Gasteiger partial charge in [-0.3, -0.25) is 4.79 Å². The van der Waals surface area contributed by atoms with Gasteiger partial charge in [0.05, 0.1) is 17.7 Å². The topological polar surface area (TPSA) is 73.1 Å². The number of nitrogens with zero attached hydrogens (tertiary/aromatic N) is 2. The molecular formula is C18H15F3N2O3. The van der Waals surface area contributed by atoms with Crippen molar-refractivity contribution in [1.82, 2.24) is 5.01 Å². The Morgan fingerprint density at radius 2 is 1.77 bits per heavy atom. The first-order valence-electron chi connectivity index (χ1n) is 7.69. The number of hydrogen-bond donors (Lipinski definition) is 2. The van der Waals surface area contributed by atoms with Crippen molar-refractivity contribution in [3.8, 4) is 5.75 Å². The largest absolute Gasteiger partial charge is 0.507 e. The molecule has 0 aliphatic carbocycles. The Bertz CT molecular complexity index is 878. The standard InChI is InChI=1S/C18H15F3N2O3/c1-11-6-8-12(9-7-11)14-10-17(26,18(19,20)21)23(22-14)16(25)13-4-2-3-5-15(13)24/h2-9,24,26H,10H2,1H3/t17-/m1/s1. The molecule has 1 aliphatic heterocycles. The van der Waals surface area contributed by atoms with Crippen molar-refractivity contribution >= 4 is 11.6 Å². The minimum atomic E-state index is -5.14. The van der Waals surface area contributed by atoms with Crippen LogP contribution in [0.25, 0.3) is 0 Å². The van der Waals surface area contributed by atoms with Gasteiger partial charge < -0.3 is 10.2 Å². The second-order valence-electron chi connectivity index (χ2n) is 6.04. The normalized spacial score (nSPS) is 20.2. The number of alkyl halides is 3. The van der Waals surface area contributed by atoms with Crippen LogP contribution in [-0.4, -0.2) is 38.7 Å². The molecule has 0 bridgehead atoms. The number of aliphatic hydroxyl groups is 1. The number of phenolic OH excluding ortho intramolecular Hbond substituents is 1. The summed E-state index contributed by atoms with van der Waals surface area (Å²) in [6.45, 7) is 1.82. The highest BCUT2D eigenvalue weighted by atomic mass is 19.4. The molecule has 1 aliphatic rings. The number of benzene rings is 2. The fraction of sp³-hybridized carbons (Fsp3) is 0.222. The van der Waals surface area contributed by atoms with Gasteiger partial charge >= 0.3 is 6.18 Å². The number of aromatic hydroxyl groups is 1. The maximum absolute atomic E-state index is 13.5. The molecule has 5 nitrogen and oxygen atoms in total. The number of para-hydroxylation sites is 1. The second kappa shape index (κ2) is 6.14. The van der Waals surface area contributed by atoms with Crippen LogP contribution in [-0.2, 0) is 0 Å². The van der Waals surface area contributed by atoms with Gasteiger partial charge in [0.1, 0.15) is 5.75 Å². The maximum Gasteiger partial charge on any atom is 0.438 e. The van der Waals surface area contributed by atoms with Crippen LogP contribution in [0.3, 0.4) is 0 Å². The Hall–Kier alpha value is -2.87. The Balaban J connectivity index is 2.07. The first-order chi connectivity index (χ1) is 12.1. The zero-order valence-electron chi connectivity index (χ0n) is 13.7. The number of halogens is 3. The van der Waals surface area contributed by atoms with E-state index in [1.165, 1.54) is 18.2 Å². The highest BCUT2D eigenvalue weighted by molar-refractivity contribution is 6.06. The molecule has 2 aromatic rings. The third-order valence-electron chi connectivity index (χ3n) is 4.15. The van der Waals surface area contributed by atoms with Gasteiger partial charge in [0.15, 0.2) is 0 Å². The average Bonchev–Trinajstić information content (AvgIpc) is 2.94. The zero-order chi connectivity index (χ0) is 19.1. The average molecular weight is 364 g/mol. The van der Waals surface area contributed by atoms with Crippen molar-refractivity contribution in [2.45, 2.75) is 25.2 Å². The van der Waals surface area contributed by atoms with E-state index in [2.05, 4.69) is 5.10 Å². The van der Waals surface area contributed by atoms with E-state index in [0.29, 0.717) is 5.56 Å². The Kier molecular flexibility index (Phi) is 4.23. The molecule has 0 saturated carbocycles. The van der Waals surface area contributed by atoms with Crippen LogP contribution >= 0.6 is 0 Å². The molecule has 8 heteroatoms. The summed E-state index contributed by atoms with van der Waals surface area (Å²) in [4.78, 5) is 12.6. The van der Waals surface area contributed by atoms with Crippen LogP contribution < -0.4 is 0 Å². The second-order valence-corrected chi connectivity index (χ2v) is 6.04. The summed E-state index contributed by atoms with van der Waals surface area (Å²) in [5, 5.41) is 23.8. The van der Waals surface area contributed by atoms with E-state index in [4.69, 9.17) is 0 Å². The molecule has 0 radical (unpaired) electrons. The van der Waals surface area contributed by atoms with Gasteiger partial charge in [-0.1, -0.05) is 42.0 Å². The molecule has 136 valence electrons. The molecular weight excluding hydrogens is 349 g/mol. The van der Waals surface area contributed by atoms with Crippen molar-refractivity contribution in [2.24, 2.45) is 5.10 Å². The predicted octanol–water partition coefficient (Wildman–Crippen LogP) is 3.20. The van der Waals surface area contributed by atoms with Gasteiger partial charge in [0, 0.05) is 0 Å². The molecule has 2 N–H and O–H groups in total. The fourth-order valence-corrected chi connectivity index (χ4v) is 2.66. The first kappa shape index (κ1) is 17.9. The predicted molar refractivity (Wildman–Crippen MR) is 87.6 cm³/mol. The highest BCUT2D eigenvalue weighted by Crippen LogP contribution is 2.42. The SMILES string of the molecule is Cc1ccc(C2=NN(C(=O)c3ccccc3O)[C@](O)(C(F)(F)F)C2)cc1. The maximum atomic E-state index is 13.5. The molecule has 0 fully saturated rings. The third kappa shape index (κ3) is 2.92. The molecule has 1 heterocycles. The zero-order valence-corrected chi connectivity index (χ0v) is 13.7. The van der Waals surface area contributed by atoms with Crippen molar-refractivity contribution in [1.29, 1.82) is 0 Å². The molecule has 0 unspecified atom stereocenters. The van der Waals surface area contributed by atoms with Crippen LogP contribution in [0.2, 0.25) is 0 Å². The summed E-state index contributed by atoms with van der Waals surface area (Å²) in [5.41, 5.74) is -2.68. The minimum absolute atomic E-state index is 0.00273. The lowest BCUT2D eigenvalue weighted by Crippen LogP contribution is -2.56. The summed E-state index contributed by atoms with van der Waals surface area (Å²) in [6.07, 6.45) is -6.04. The van der Waals surface area contributed by atoms with Crippen LogP contribution in [0.15, 0.2) is 53.6 Å². The number of aryl methyl sites for hydroxylation is 1. The Labute approximate surface area is 147 Å². The number of hydrazone groups is 1.